The van der Waals surface area contributed by atoms with Crippen LogP contribution in [0, 0.1) is 19.3 Å². The predicted octanol–water partition coefficient (Wildman–Crippen LogP) is 1.83. The fourth-order valence-corrected chi connectivity index (χ4v) is 5.63. The smallest absolute Gasteiger partial charge is 0.347 e. The molecular formula is C29H37N7O4. The van der Waals surface area contributed by atoms with E-state index in [0.29, 0.717) is 57.7 Å². The number of hydrogen-bond acceptors (Lipinski definition) is 7. The minimum atomic E-state index is -0.674. The Morgan fingerprint density at radius 3 is 2.62 bits per heavy atom. The second-order valence-corrected chi connectivity index (χ2v) is 10.9. The third-order valence-corrected chi connectivity index (χ3v) is 7.98. The molecule has 11 nitrogen and oxygen atoms in total. The lowest BCUT2D eigenvalue weighted by Crippen LogP contribution is -2.51. The largest absolute Gasteiger partial charge is 0.494 e. The van der Waals surface area contributed by atoms with Gasteiger partial charge in [0.1, 0.15) is 5.75 Å². The molecule has 212 valence electrons. The summed E-state index contributed by atoms with van der Waals surface area (Å²) in [4.78, 5) is 44.8. The Hall–Kier alpha value is -4.02. The minimum absolute atomic E-state index is 0.00803. The van der Waals surface area contributed by atoms with Crippen LogP contribution in [0.5, 0.6) is 5.75 Å². The molecule has 3 aromatic rings. The van der Waals surface area contributed by atoms with Gasteiger partial charge in [0.05, 0.1) is 17.7 Å². The van der Waals surface area contributed by atoms with Crippen molar-refractivity contribution in [1.29, 1.82) is 0 Å². The molecule has 0 radical (unpaired) electrons. The second-order valence-electron chi connectivity index (χ2n) is 10.9. The third kappa shape index (κ3) is 6.40. The normalized spacial score (nSPS) is 17.8. The first-order chi connectivity index (χ1) is 19.3. The summed E-state index contributed by atoms with van der Waals surface area (Å²) in [6, 6.07) is 9.83. The van der Waals surface area contributed by atoms with Crippen molar-refractivity contribution in [2.75, 3.05) is 26.2 Å². The molecule has 5 heterocycles. The van der Waals surface area contributed by atoms with Crippen molar-refractivity contribution in [2.24, 2.45) is 5.41 Å². The number of amides is 2. The molecule has 0 unspecified atom stereocenters. The van der Waals surface area contributed by atoms with Crippen LogP contribution >= 0.6 is 0 Å². The van der Waals surface area contributed by atoms with Gasteiger partial charge < -0.3 is 15.0 Å². The molecule has 0 saturated carbocycles. The molecule has 1 saturated heterocycles. The van der Waals surface area contributed by atoms with E-state index in [9.17, 15) is 14.4 Å². The van der Waals surface area contributed by atoms with Crippen LogP contribution in [-0.4, -0.2) is 67.5 Å². The van der Waals surface area contributed by atoms with Gasteiger partial charge in [-0.25, -0.2) is 4.79 Å². The number of carbonyl (C=O) groups is 2. The van der Waals surface area contributed by atoms with E-state index in [0.717, 1.165) is 35.5 Å². The van der Waals surface area contributed by atoms with Crippen molar-refractivity contribution >= 4 is 11.8 Å². The molecule has 6 rings (SSSR count). The van der Waals surface area contributed by atoms with E-state index in [2.05, 4.69) is 20.6 Å². The summed E-state index contributed by atoms with van der Waals surface area (Å²) in [7, 11) is 0. The van der Waals surface area contributed by atoms with Crippen molar-refractivity contribution in [3.63, 3.8) is 0 Å². The van der Waals surface area contributed by atoms with Crippen molar-refractivity contribution in [3.05, 3.63) is 69.7 Å². The standard InChI is InChI=1S/C29H37N7O4/c1-21-18-22(2)36(28(39)31-21)14-9-26(37)34-15-10-29(11-16-34)19-24-20-35(33-32-24)13-3-17-40-25-6-4-23(5-7-25)8-12-30-27(29)38/h4-7,18,20H,3,8-17,19H2,1-2H3,(H,30,38). The van der Waals surface area contributed by atoms with E-state index in [1.807, 2.05) is 43.5 Å². The first kappa shape index (κ1) is 27.5. The summed E-state index contributed by atoms with van der Waals surface area (Å²) in [5.74, 6) is 0.795. The Kier molecular flexibility index (Phi) is 8.27. The van der Waals surface area contributed by atoms with Gasteiger partial charge in [0, 0.05) is 69.6 Å². The van der Waals surface area contributed by atoms with Gasteiger partial charge in [-0.2, -0.15) is 4.98 Å². The number of aromatic nitrogens is 5. The lowest BCUT2D eigenvalue weighted by molar-refractivity contribution is -0.140. The number of likely N-dealkylation sites (tertiary alicyclic amines) is 1. The summed E-state index contributed by atoms with van der Waals surface area (Å²) in [6.45, 7) is 6.63. The van der Waals surface area contributed by atoms with E-state index in [1.165, 1.54) is 4.57 Å². The fraction of sp³-hybridized carbons (Fsp3) is 0.517. The SMILES string of the molecule is Cc1cc(C)n(CCC(=O)N2CCC3(CC2)Cc2cn(nn2)CCCOc2ccc(cc2)CCNC3=O)c(=O)n1. The van der Waals surface area contributed by atoms with Crippen LogP contribution in [0.25, 0.3) is 0 Å². The van der Waals surface area contributed by atoms with Crippen molar-refractivity contribution in [1.82, 2.24) is 34.8 Å². The number of hydrogen-bond donors (Lipinski definition) is 1. The summed E-state index contributed by atoms with van der Waals surface area (Å²) in [5, 5.41) is 11.8. The number of aryl methyl sites for hydroxylation is 3. The lowest BCUT2D eigenvalue weighted by Gasteiger charge is -2.40. The molecule has 0 aliphatic carbocycles. The molecule has 3 aliphatic rings. The van der Waals surface area contributed by atoms with Gasteiger partial charge in [0.15, 0.2) is 0 Å². The number of carbonyl (C=O) groups excluding carboxylic acids is 2. The number of fused-ring (bicyclic) bond motifs is 8. The van der Waals surface area contributed by atoms with Crippen LogP contribution in [0.4, 0.5) is 0 Å². The Morgan fingerprint density at radius 2 is 1.88 bits per heavy atom. The quantitative estimate of drug-likeness (QED) is 0.531. The average molecular weight is 548 g/mol. The summed E-state index contributed by atoms with van der Waals surface area (Å²) in [5.41, 5.74) is 2.35. The second kappa shape index (κ2) is 12.0. The third-order valence-electron chi connectivity index (χ3n) is 7.98. The van der Waals surface area contributed by atoms with Gasteiger partial charge >= 0.3 is 5.69 Å². The van der Waals surface area contributed by atoms with Crippen LogP contribution in [-0.2, 0) is 35.5 Å². The van der Waals surface area contributed by atoms with Crippen LogP contribution in [0.1, 0.15) is 48.3 Å². The van der Waals surface area contributed by atoms with E-state index >= 15 is 0 Å². The van der Waals surface area contributed by atoms with Gasteiger partial charge in [0.25, 0.3) is 0 Å². The first-order valence-electron chi connectivity index (χ1n) is 14.0. The molecule has 40 heavy (non-hydrogen) atoms. The van der Waals surface area contributed by atoms with Crippen LogP contribution in [0.15, 0.2) is 41.3 Å². The highest BCUT2D eigenvalue weighted by Gasteiger charge is 2.42. The van der Waals surface area contributed by atoms with Gasteiger partial charge in [-0.3, -0.25) is 18.8 Å². The number of benzene rings is 1. The Morgan fingerprint density at radius 1 is 1.10 bits per heavy atom. The Labute approximate surface area is 233 Å². The molecule has 4 bridgehead atoms. The summed E-state index contributed by atoms with van der Waals surface area (Å²) < 4.78 is 9.18. The minimum Gasteiger partial charge on any atom is -0.494 e. The average Bonchev–Trinajstić information content (AvgIpc) is 3.38. The zero-order chi connectivity index (χ0) is 28.1. The molecule has 0 atom stereocenters. The summed E-state index contributed by atoms with van der Waals surface area (Å²) >= 11 is 0. The zero-order valence-corrected chi connectivity index (χ0v) is 23.3. The Bertz CT molecular complexity index is 1400. The van der Waals surface area contributed by atoms with E-state index in [4.69, 9.17) is 4.74 Å². The maximum Gasteiger partial charge on any atom is 0.347 e. The first-order valence-corrected chi connectivity index (χ1v) is 14.0. The van der Waals surface area contributed by atoms with E-state index in [1.54, 1.807) is 16.5 Å². The lowest BCUT2D eigenvalue weighted by atomic mass is 9.74. The van der Waals surface area contributed by atoms with E-state index in [-0.39, 0.29) is 30.5 Å². The van der Waals surface area contributed by atoms with E-state index < -0.39 is 5.41 Å². The van der Waals surface area contributed by atoms with Crippen LogP contribution < -0.4 is 15.7 Å². The molecule has 2 aromatic heterocycles. The van der Waals surface area contributed by atoms with Crippen molar-refractivity contribution in [2.45, 2.75) is 65.5 Å². The van der Waals surface area contributed by atoms with Crippen LogP contribution in [0.2, 0.25) is 0 Å². The molecule has 1 fully saturated rings. The maximum absolute atomic E-state index is 13.7. The predicted molar refractivity (Wildman–Crippen MR) is 148 cm³/mol. The number of nitrogens with one attached hydrogen (secondary N) is 1. The molecule has 1 spiro atoms. The van der Waals surface area contributed by atoms with Crippen molar-refractivity contribution in [3.8, 4) is 5.75 Å². The molecule has 1 N–H and O–H groups in total. The highest BCUT2D eigenvalue weighted by atomic mass is 16.5. The number of piperidine rings is 1. The molecule has 1 aromatic carbocycles. The fourth-order valence-electron chi connectivity index (χ4n) is 5.63. The van der Waals surface area contributed by atoms with Gasteiger partial charge in [-0.05, 0) is 56.9 Å². The van der Waals surface area contributed by atoms with Gasteiger partial charge in [-0.15, -0.1) is 5.10 Å². The number of ether oxygens (including phenoxy) is 1. The molecular weight excluding hydrogens is 510 g/mol. The number of rotatable bonds is 3. The number of nitrogens with zero attached hydrogens (tertiary/aromatic N) is 6. The van der Waals surface area contributed by atoms with Crippen LogP contribution in [0.3, 0.4) is 0 Å². The van der Waals surface area contributed by atoms with Gasteiger partial charge in [-0.1, -0.05) is 17.3 Å². The Balaban J connectivity index is 1.27. The maximum atomic E-state index is 13.7. The molecule has 3 aliphatic heterocycles. The zero-order valence-electron chi connectivity index (χ0n) is 23.3. The summed E-state index contributed by atoms with van der Waals surface area (Å²) in [6.07, 6.45) is 5.16. The highest BCUT2D eigenvalue weighted by Crippen LogP contribution is 2.35. The monoisotopic (exact) mass is 547 g/mol. The van der Waals surface area contributed by atoms with Crippen molar-refractivity contribution < 1.29 is 14.3 Å². The molecule has 2 amide bonds. The highest BCUT2D eigenvalue weighted by molar-refractivity contribution is 5.84. The van der Waals surface area contributed by atoms with Gasteiger partial charge in [0.2, 0.25) is 11.8 Å². The molecule has 11 heteroatoms. The topological polar surface area (TPSA) is 124 Å².